The summed E-state index contributed by atoms with van der Waals surface area (Å²) in [6, 6.07) is 21.2. The Morgan fingerprint density at radius 3 is 2.50 bits per heavy atom. The molecule has 1 aromatic heterocycles. The minimum atomic E-state index is -0.208. The molecule has 1 aliphatic heterocycles. The lowest BCUT2D eigenvalue weighted by Crippen LogP contribution is -2.42. The number of hydrogen-bond donors (Lipinski definition) is 0. The minimum absolute atomic E-state index is 0.0768. The number of hydrogen-bond acceptors (Lipinski definition) is 4. The van der Waals surface area contributed by atoms with E-state index in [-0.39, 0.29) is 12.0 Å². The van der Waals surface area contributed by atoms with E-state index in [1.807, 2.05) is 73.7 Å². The van der Waals surface area contributed by atoms with Gasteiger partial charge in [0.15, 0.2) is 17.6 Å². The van der Waals surface area contributed by atoms with Gasteiger partial charge in [-0.3, -0.25) is 9.78 Å². The molecule has 1 aliphatic rings. The Morgan fingerprint density at radius 2 is 1.75 bits per heavy atom. The first-order valence-electron chi connectivity index (χ1n) is 9.29. The molecule has 1 atom stereocenters. The molecule has 2 aromatic carbocycles. The Bertz CT molecular complexity index is 988. The Morgan fingerprint density at radius 1 is 1.04 bits per heavy atom. The molecular weight excluding hydrogens is 352 g/mol. The fourth-order valence-corrected chi connectivity index (χ4v) is 3.30. The molecule has 0 bridgehead atoms. The Hall–Kier alpha value is -3.34. The number of fused-ring (bicyclic) bond motifs is 1. The van der Waals surface area contributed by atoms with Gasteiger partial charge in [0.25, 0.3) is 5.91 Å². The first kappa shape index (κ1) is 18.0. The standard InChI is InChI=1S/C23H22N2O3/c1-16-19(12-13-20(24-16)17-8-4-3-5-9-17)23(26)25(2)14-18-15-27-21-10-6-7-11-22(21)28-18/h3-13,18H,14-15H2,1-2H3/t18-/m1/s1. The maximum atomic E-state index is 12.9. The molecule has 0 saturated carbocycles. The zero-order chi connectivity index (χ0) is 19.5. The monoisotopic (exact) mass is 374 g/mol. The van der Waals surface area contributed by atoms with E-state index in [1.54, 1.807) is 11.9 Å². The number of carbonyl (C=O) groups is 1. The number of benzene rings is 2. The van der Waals surface area contributed by atoms with Gasteiger partial charge in [-0.2, -0.15) is 0 Å². The van der Waals surface area contributed by atoms with Gasteiger partial charge < -0.3 is 14.4 Å². The number of ether oxygens (including phenoxy) is 2. The van der Waals surface area contributed by atoms with Crippen LogP contribution in [-0.2, 0) is 0 Å². The van der Waals surface area contributed by atoms with Gasteiger partial charge in [-0.15, -0.1) is 0 Å². The van der Waals surface area contributed by atoms with E-state index in [0.29, 0.717) is 30.2 Å². The highest BCUT2D eigenvalue weighted by molar-refractivity contribution is 5.95. The molecule has 5 nitrogen and oxygen atoms in total. The lowest BCUT2D eigenvalue weighted by atomic mass is 10.1. The summed E-state index contributed by atoms with van der Waals surface area (Å²) >= 11 is 0. The summed E-state index contributed by atoms with van der Waals surface area (Å²) in [4.78, 5) is 19.2. The molecule has 142 valence electrons. The summed E-state index contributed by atoms with van der Waals surface area (Å²) in [6.07, 6.45) is -0.208. The Labute approximate surface area is 164 Å². The van der Waals surface area contributed by atoms with Crippen LogP contribution in [-0.4, -0.2) is 42.1 Å². The molecule has 3 aromatic rings. The Balaban J connectivity index is 1.45. The van der Waals surface area contributed by atoms with Crippen molar-refractivity contribution < 1.29 is 14.3 Å². The molecular formula is C23H22N2O3. The van der Waals surface area contributed by atoms with Crippen molar-refractivity contribution in [2.24, 2.45) is 0 Å². The van der Waals surface area contributed by atoms with E-state index in [1.165, 1.54) is 0 Å². The number of rotatable bonds is 4. The largest absolute Gasteiger partial charge is 0.486 e. The highest BCUT2D eigenvalue weighted by Crippen LogP contribution is 2.31. The van der Waals surface area contributed by atoms with Gasteiger partial charge in [-0.05, 0) is 31.2 Å². The van der Waals surface area contributed by atoms with E-state index in [2.05, 4.69) is 4.98 Å². The Kier molecular flexibility index (Phi) is 4.98. The molecule has 0 spiro atoms. The summed E-state index contributed by atoms with van der Waals surface area (Å²) in [5, 5.41) is 0. The van der Waals surface area contributed by atoms with Crippen LogP contribution in [0, 0.1) is 6.92 Å². The first-order valence-corrected chi connectivity index (χ1v) is 9.29. The van der Waals surface area contributed by atoms with Crippen molar-refractivity contribution in [2.45, 2.75) is 13.0 Å². The highest BCUT2D eigenvalue weighted by Gasteiger charge is 2.25. The van der Waals surface area contributed by atoms with Gasteiger partial charge >= 0.3 is 0 Å². The lowest BCUT2D eigenvalue weighted by molar-refractivity contribution is 0.0520. The third-order valence-electron chi connectivity index (χ3n) is 4.78. The van der Waals surface area contributed by atoms with Gasteiger partial charge in [-0.25, -0.2) is 0 Å². The molecule has 5 heteroatoms. The van der Waals surface area contributed by atoms with Crippen molar-refractivity contribution in [3.8, 4) is 22.8 Å². The van der Waals surface area contributed by atoms with Crippen LogP contribution in [0.5, 0.6) is 11.5 Å². The topological polar surface area (TPSA) is 51.7 Å². The summed E-state index contributed by atoms with van der Waals surface area (Å²) in [7, 11) is 1.77. The summed E-state index contributed by atoms with van der Waals surface area (Å²) in [5.41, 5.74) is 3.20. The third kappa shape index (κ3) is 3.69. The quantitative estimate of drug-likeness (QED) is 0.693. The third-order valence-corrected chi connectivity index (χ3v) is 4.78. The van der Waals surface area contributed by atoms with Crippen LogP contribution in [0.3, 0.4) is 0 Å². The second-order valence-electron chi connectivity index (χ2n) is 6.88. The van der Waals surface area contributed by atoms with E-state index >= 15 is 0 Å². The van der Waals surface area contributed by atoms with E-state index in [4.69, 9.17) is 9.47 Å². The number of aryl methyl sites for hydroxylation is 1. The number of nitrogens with zero attached hydrogens (tertiary/aromatic N) is 2. The molecule has 0 saturated heterocycles. The number of likely N-dealkylation sites (N-methyl/N-ethyl adjacent to an activating group) is 1. The number of amides is 1. The SMILES string of the molecule is Cc1nc(-c2ccccc2)ccc1C(=O)N(C)C[C@@H]1COc2ccccc2O1. The van der Waals surface area contributed by atoms with Crippen LogP contribution in [0.1, 0.15) is 16.1 Å². The van der Waals surface area contributed by atoms with Crippen molar-refractivity contribution in [2.75, 3.05) is 20.2 Å². The molecule has 0 unspecified atom stereocenters. The molecule has 28 heavy (non-hydrogen) atoms. The zero-order valence-corrected chi connectivity index (χ0v) is 16.0. The van der Waals surface area contributed by atoms with Crippen molar-refractivity contribution >= 4 is 5.91 Å². The summed E-state index contributed by atoms with van der Waals surface area (Å²) in [6.45, 7) is 2.72. The average molecular weight is 374 g/mol. The van der Waals surface area contributed by atoms with Gasteiger partial charge in [0, 0.05) is 12.6 Å². The molecule has 0 N–H and O–H groups in total. The number of carbonyl (C=O) groups excluding carboxylic acids is 1. The minimum Gasteiger partial charge on any atom is -0.486 e. The predicted molar refractivity (Wildman–Crippen MR) is 108 cm³/mol. The van der Waals surface area contributed by atoms with E-state index in [9.17, 15) is 4.79 Å². The summed E-state index contributed by atoms with van der Waals surface area (Å²) < 4.78 is 11.7. The van der Waals surface area contributed by atoms with Crippen molar-refractivity contribution in [1.82, 2.24) is 9.88 Å². The van der Waals surface area contributed by atoms with Gasteiger partial charge in [0.2, 0.25) is 0 Å². The normalized spacial score (nSPS) is 15.1. The number of pyridine rings is 1. The highest BCUT2D eigenvalue weighted by atomic mass is 16.6. The predicted octanol–water partition coefficient (Wildman–Crippen LogP) is 3.97. The number of aromatic nitrogens is 1. The smallest absolute Gasteiger partial charge is 0.255 e. The zero-order valence-electron chi connectivity index (χ0n) is 16.0. The van der Waals surface area contributed by atoms with Crippen molar-refractivity contribution in [3.05, 3.63) is 78.0 Å². The van der Waals surface area contributed by atoms with Crippen molar-refractivity contribution in [3.63, 3.8) is 0 Å². The lowest BCUT2D eigenvalue weighted by Gasteiger charge is -2.29. The van der Waals surface area contributed by atoms with Crippen LogP contribution < -0.4 is 9.47 Å². The second-order valence-corrected chi connectivity index (χ2v) is 6.88. The maximum Gasteiger partial charge on any atom is 0.255 e. The molecule has 0 aliphatic carbocycles. The molecule has 1 amide bonds. The maximum absolute atomic E-state index is 12.9. The van der Waals surface area contributed by atoms with Gasteiger partial charge in [-0.1, -0.05) is 42.5 Å². The summed E-state index contributed by atoms with van der Waals surface area (Å²) in [5.74, 6) is 1.38. The van der Waals surface area contributed by atoms with Gasteiger partial charge in [0.1, 0.15) is 6.61 Å². The van der Waals surface area contributed by atoms with Crippen LogP contribution in [0.25, 0.3) is 11.3 Å². The molecule has 0 fully saturated rings. The fraction of sp³-hybridized carbons (Fsp3) is 0.217. The average Bonchev–Trinajstić information content (AvgIpc) is 2.73. The van der Waals surface area contributed by atoms with Crippen LogP contribution in [0.4, 0.5) is 0 Å². The molecule has 0 radical (unpaired) electrons. The van der Waals surface area contributed by atoms with Gasteiger partial charge in [0.05, 0.1) is 23.5 Å². The van der Waals surface area contributed by atoms with Crippen LogP contribution >= 0.6 is 0 Å². The van der Waals surface area contributed by atoms with Crippen molar-refractivity contribution in [1.29, 1.82) is 0 Å². The van der Waals surface area contributed by atoms with Crippen LogP contribution in [0.15, 0.2) is 66.7 Å². The first-order chi connectivity index (χ1) is 13.6. The van der Waals surface area contributed by atoms with E-state index < -0.39 is 0 Å². The molecule has 4 rings (SSSR count). The fourth-order valence-electron chi connectivity index (χ4n) is 3.30. The van der Waals surface area contributed by atoms with Crippen LogP contribution in [0.2, 0.25) is 0 Å². The second kappa shape index (κ2) is 7.72. The van der Waals surface area contributed by atoms with E-state index in [0.717, 1.165) is 17.0 Å². The number of para-hydroxylation sites is 2. The molecule has 2 heterocycles.